The molecule has 2 heteroatoms. The van der Waals surface area contributed by atoms with E-state index in [1.807, 2.05) is 12.1 Å². The lowest BCUT2D eigenvalue weighted by Crippen LogP contribution is -2.33. The minimum absolute atomic E-state index is 0.324. The first-order valence-corrected chi connectivity index (χ1v) is 7.66. The van der Waals surface area contributed by atoms with Gasteiger partial charge in [-0.25, -0.2) is 0 Å². The molecule has 1 unspecified atom stereocenters. The molecule has 0 bridgehead atoms. The Hall–Kier alpha value is -0.860. The molecule has 0 saturated heterocycles. The predicted octanol–water partition coefficient (Wildman–Crippen LogP) is 3.54. The van der Waals surface area contributed by atoms with Gasteiger partial charge >= 0.3 is 0 Å². The molecule has 19 heavy (non-hydrogen) atoms. The molecule has 1 fully saturated rings. The van der Waals surface area contributed by atoms with E-state index in [0.29, 0.717) is 0 Å². The Balaban J connectivity index is 1.79. The quantitative estimate of drug-likeness (QED) is 0.811. The van der Waals surface area contributed by atoms with Crippen molar-refractivity contribution in [3.63, 3.8) is 0 Å². The molecule has 0 aromatic heterocycles. The first-order valence-electron chi connectivity index (χ1n) is 7.66. The molecule has 1 aromatic rings. The van der Waals surface area contributed by atoms with E-state index in [4.69, 9.17) is 0 Å². The second kappa shape index (κ2) is 7.06. The zero-order valence-electron chi connectivity index (χ0n) is 12.3. The topological polar surface area (TPSA) is 23.5 Å². The van der Waals surface area contributed by atoms with Crippen molar-refractivity contribution in [2.75, 3.05) is 19.6 Å². The van der Waals surface area contributed by atoms with Crippen molar-refractivity contribution < 1.29 is 5.11 Å². The van der Waals surface area contributed by atoms with Crippen LogP contribution in [0.5, 0.6) is 0 Å². The fourth-order valence-corrected chi connectivity index (χ4v) is 2.77. The number of nitrogens with zero attached hydrogens (tertiary/aromatic N) is 1. The van der Waals surface area contributed by atoms with Gasteiger partial charge in [-0.2, -0.15) is 0 Å². The summed E-state index contributed by atoms with van der Waals surface area (Å²) in [7, 11) is 0. The lowest BCUT2D eigenvalue weighted by atomic mass is 9.85. The lowest BCUT2D eigenvalue weighted by Gasteiger charge is -2.32. The van der Waals surface area contributed by atoms with Gasteiger partial charge in [-0.05, 0) is 44.2 Å². The molecule has 2 nitrogen and oxygen atoms in total. The maximum absolute atomic E-state index is 10.3. The molecule has 0 amide bonds. The Labute approximate surface area is 117 Å². The van der Waals surface area contributed by atoms with E-state index in [9.17, 15) is 5.11 Å². The Morgan fingerprint density at radius 3 is 2.74 bits per heavy atom. The highest BCUT2D eigenvalue weighted by Crippen LogP contribution is 2.27. The Morgan fingerprint density at radius 2 is 2.16 bits per heavy atom. The zero-order valence-corrected chi connectivity index (χ0v) is 12.3. The van der Waals surface area contributed by atoms with Crippen LogP contribution in [-0.4, -0.2) is 29.6 Å². The smallest absolute Gasteiger partial charge is 0.0802 e. The van der Waals surface area contributed by atoms with Gasteiger partial charge in [0, 0.05) is 13.1 Å². The highest BCUT2D eigenvalue weighted by molar-refractivity contribution is 5.23. The standard InChI is InChI=1S/C17H27NO/c1-3-18(13-15-7-5-8-15)11-10-17(19)16-9-4-6-14(2)12-16/h4,6,9,12,15,17,19H,3,5,7-8,10-11,13H2,1-2H3. The van der Waals surface area contributed by atoms with Crippen LogP contribution in [0.25, 0.3) is 0 Å². The third-order valence-electron chi connectivity index (χ3n) is 4.33. The minimum atomic E-state index is -0.324. The van der Waals surface area contributed by atoms with E-state index in [1.165, 1.54) is 31.4 Å². The SMILES string of the molecule is CCN(CCC(O)c1cccc(C)c1)CC1CCC1. The van der Waals surface area contributed by atoms with Crippen molar-refractivity contribution in [3.8, 4) is 0 Å². The fraction of sp³-hybridized carbons (Fsp3) is 0.647. The largest absolute Gasteiger partial charge is 0.388 e. The Bertz CT molecular complexity index is 387. The van der Waals surface area contributed by atoms with E-state index in [0.717, 1.165) is 31.0 Å². The molecule has 1 aromatic carbocycles. The van der Waals surface area contributed by atoms with Gasteiger partial charge in [0.2, 0.25) is 0 Å². The molecule has 106 valence electrons. The first kappa shape index (κ1) is 14.5. The molecule has 0 heterocycles. The van der Waals surface area contributed by atoms with Crippen LogP contribution in [0.15, 0.2) is 24.3 Å². The molecule has 1 N–H and O–H groups in total. The van der Waals surface area contributed by atoms with Crippen LogP contribution in [0.3, 0.4) is 0 Å². The normalized spacial score (nSPS) is 17.5. The summed E-state index contributed by atoms with van der Waals surface area (Å²) in [6.45, 7) is 7.61. The van der Waals surface area contributed by atoms with Crippen LogP contribution in [0.4, 0.5) is 0 Å². The van der Waals surface area contributed by atoms with Gasteiger partial charge in [0.05, 0.1) is 6.10 Å². The number of hydrogen-bond donors (Lipinski definition) is 1. The zero-order chi connectivity index (χ0) is 13.7. The van der Waals surface area contributed by atoms with Crippen molar-refractivity contribution in [2.45, 2.75) is 45.6 Å². The highest BCUT2D eigenvalue weighted by atomic mass is 16.3. The van der Waals surface area contributed by atoms with Crippen molar-refractivity contribution in [1.82, 2.24) is 4.90 Å². The molecular weight excluding hydrogens is 234 g/mol. The van der Waals surface area contributed by atoms with Crippen molar-refractivity contribution in [3.05, 3.63) is 35.4 Å². The van der Waals surface area contributed by atoms with E-state index in [-0.39, 0.29) is 6.10 Å². The second-order valence-electron chi connectivity index (χ2n) is 5.91. The van der Waals surface area contributed by atoms with Crippen LogP contribution in [0.2, 0.25) is 0 Å². The summed E-state index contributed by atoms with van der Waals surface area (Å²) in [6, 6.07) is 8.22. The average Bonchev–Trinajstić information content (AvgIpc) is 2.36. The number of rotatable bonds is 7. The van der Waals surface area contributed by atoms with Gasteiger partial charge in [-0.15, -0.1) is 0 Å². The monoisotopic (exact) mass is 261 g/mol. The molecule has 1 saturated carbocycles. The van der Waals surface area contributed by atoms with E-state index in [1.54, 1.807) is 0 Å². The van der Waals surface area contributed by atoms with Gasteiger partial charge in [-0.1, -0.05) is 43.2 Å². The summed E-state index contributed by atoms with van der Waals surface area (Å²) in [6.07, 6.45) is 4.72. The van der Waals surface area contributed by atoms with E-state index >= 15 is 0 Å². The fourth-order valence-electron chi connectivity index (χ4n) is 2.77. The predicted molar refractivity (Wildman–Crippen MR) is 80.2 cm³/mol. The highest BCUT2D eigenvalue weighted by Gasteiger charge is 2.20. The summed E-state index contributed by atoms with van der Waals surface area (Å²) in [5.41, 5.74) is 2.28. The molecule has 1 atom stereocenters. The van der Waals surface area contributed by atoms with E-state index in [2.05, 4.69) is 30.9 Å². The molecule has 1 aliphatic rings. The van der Waals surface area contributed by atoms with Crippen molar-refractivity contribution in [2.24, 2.45) is 5.92 Å². The summed E-state index contributed by atoms with van der Waals surface area (Å²) in [5.74, 6) is 0.913. The third kappa shape index (κ3) is 4.32. The minimum Gasteiger partial charge on any atom is -0.388 e. The number of aliphatic hydroxyl groups excluding tert-OH is 1. The maximum Gasteiger partial charge on any atom is 0.0802 e. The van der Waals surface area contributed by atoms with Gasteiger partial charge in [0.15, 0.2) is 0 Å². The van der Waals surface area contributed by atoms with Gasteiger partial charge in [0.1, 0.15) is 0 Å². The number of aryl methyl sites for hydroxylation is 1. The summed E-state index contributed by atoms with van der Waals surface area (Å²) >= 11 is 0. The number of aliphatic hydroxyl groups is 1. The summed E-state index contributed by atoms with van der Waals surface area (Å²) in [5, 5.41) is 10.3. The Kier molecular flexibility index (Phi) is 5.41. The van der Waals surface area contributed by atoms with Gasteiger partial charge in [0.25, 0.3) is 0 Å². The van der Waals surface area contributed by atoms with Crippen LogP contribution >= 0.6 is 0 Å². The summed E-state index contributed by atoms with van der Waals surface area (Å²) < 4.78 is 0. The number of benzene rings is 1. The second-order valence-corrected chi connectivity index (χ2v) is 5.91. The third-order valence-corrected chi connectivity index (χ3v) is 4.33. The summed E-state index contributed by atoms with van der Waals surface area (Å²) in [4.78, 5) is 2.49. The molecule has 0 aliphatic heterocycles. The van der Waals surface area contributed by atoms with Crippen molar-refractivity contribution in [1.29, 1.82) is 0 Å². The van der Waals surface area contributed by atoms with E-state index < -0.39 is 0 Å². The first-order chi connectivity index (χ1) is 9.19. The van der Waals surface area contributed by atoms with Crippen LogP contribution < -0.4 is 0 Å². The van der Waals surface area contributed by atoms with Gasteiger partial charge < -0.3 is 10.0 Å². The molecule has 2 rings (SSSR count). The van der Waals surface area contributed by atoms with Crippen LogP contribution in [0.1, 0.15) is 49.8 Å². The van der Waals surface area contributed by atoms with Gasteiger partial charge in [-0.3, -0.25) is 0 Å². The average molecular weight is 261 g/mol. The molecule has 0 radical (unpaired) electrons. The Morgan fingerprint density at radius 1 is 1.37 bits per heavy atom. The molecule has 0 spiro atoms. The molecular formula is C17H27NO. The van der Waals surface area contributed by atoms with Crippen LogP contribution in [-0.2, 0) is 0 Å². The molecule has 1 aliphatic carbocycles. The van der Waals surface area contributed by atoms with Crippen LogP contribution in [0, 0.1) is 12.8 Å². The maximum atomic E-state index is 10.3. The van der Waals surface area contributed by atoms with Crippen molar-refractivity contribution >= 4 is 0 Å². The number of hydrogen-bond acceptors (Lipinski definition) is 2. The lowest BCUT2D eigenvalue weighted by molar-refractivity contribution is 0.126.